The molecular weight excluding hydrogens is 298 g/mol. The van der Waals surface area contributed by atoms with Crippen LogP contribution in [0.4, 0.5) is 0 Å². The van der Waals surface area contributed by atoms with E-state index in [4.69, 9.17) is 11.6 Å². The van der Waals surface area contributed by atoms with Gasteiger partial charge in [-0.2, -0.15) is 0 Å². The van der Waals surface area contributed by atoms with Gasteiger partial charge in [0.15, 0.2) is 0 Å². The predicted octanol–water partition coefficient (Wildman–Crippen LogP) is 3.26. The molecule has 1 amide bonds. The number of nitrogens with zero attached hydrogens (tertiary/aromatic N) is 2. The average molecular weight is 322 g/mol. The van der Waals surface area contributed by atoms with Crippen molar-refractivity contribution in [2.24, 2.45) is 23.2 Å². The van der Waals surface area contributed by atoms with Crippen molar-refractivity contribution in [3.63, 3.8) is 0 Å². The first kappa shape index (κ1) is 14.6. The van der Waals surface area contributed by atoms with Crippen molar-refractivity contribution in [2.75, 3.05) is 0 Å². The average Bonchev–Trinajstić information content (AvgIpc) is 2.82. The summed E-state index contributed by atoms with van der Waals surface area (Å²) in [5.41, 5.74) is 0.350. The summed E-state index contributed by atoms with van der Waals surface area (Å²) in [5, 5.41) is 3.63. The summed E-state index contributed by atoms with van der Waals surface area (Å²) in [7, 11) is 0. The van der Waals surface area contributed by atoms with Crippen LogP contribution in [0.1, 0.15) is 45.4 Å². The first-order valence-corrected chi connectivity index (χ1v) is 8.88. The largest absolute Gasteiger partial charge is 0.352 e. The molecule has 0 aliphatic heterocycles. The lowest BCUT2D eigenvalue weighted by atomic mass is 9.48. The van der Waals surface area contributed by atoms with Gasteiger partial charge in [-0.15, -0.1) is 0 Å². The van der Waals surface area contributed by atoms with E-state index in [0.29, 0.717) is 10.7 Å². The lowest BCUT2D eigenvalue weighted by Gasteiger charge is -2.59. The van der Waals surface area contributed by atoms with Gasteiger partial charge in [0.2, 0.25) is 11.2 Å². The molecule has 4 bridgehead atoms. The first-order valence-electron chi connectivity index (χ1n) is 8.50. The Bertz CT molecular complexity index is 547. The molecule has 4 aliphatic carbocycles. The van der Waals surface area contributed by atoms with E-state index in [0.717, 1.165) is 17.8 Å². The van der Waals surface area contributed by atoms with E-state index in [1.54, 1.807) is 17.0 Å². The number of hydrogen-bond donors (Lipinski definition) is 1. The molecule has 120 valence electrons. The van der Waals surface area contributed by atoms with E-state index < -0.39 is 0 Å². The summed E-state index contributed by atoms with van der Waals surface area (Å²) >= 11 is 5.95. The number of aromatic nitrogens is 2. The van der Waals surface area contributed by atoms with Crippen LogP contribution in [-0.2, 0) is 11.3 Å². The second-order valence-electron chi connectivity index (χ2n) is 7.89. The Morgan fingerprint density at radius 2 is 1.95 bits per heavy atom. The molecule has 1 heterocycles. The number of amides is 1. The van der Waals surface area contributed by atoms with Crippen molar-refractivity contribution in [1.82, 2.24) is 14.9 Å². The minimum absolute atomic E-state index is 0.0446. The summed E-state index contributed by atoms with van der Waals surface area (Å²) in [5.74, 6) is 2.78. The maximum Gasteiger partial charge on any atom is 0.240 e. The third-order valence-electron chi connectivity index (χ3n) is 6.36. The van der Waals surface area contributed by atoms with Gasteiger partial charge in [0.05, 0.1) is 0 Å². The van der Waals surface area contributed by atoms with Gasteiger partial charge < -0.3 is 9.88 Å². The van der Waals surface area contributed by atoms with Gasteiger partial charge in [-0.1, -0.05) is 0 Å². The van der Waals surface area contributed by atoms with Crippen LogP contribution in [0.15, 0.2) is 12.4 Å². The first-order chi connectivity index (χ1) is 10.5. The number of nitrogens with one attached hydrogen (secondary N) is 1. The van der Waals surface area contributed by atoms with Gasteiger partial charge in [0.1, 0.15) is 6.54 Å². The van der Waals surface area contributed by atoms with Gasteiger partial charge in [-0.05, 0) is 80.2 Å². The maximum atomic E-state index is 12.3. The molecule has 1 unspecified atom stereocenters. The fourth-order valence-corrected chi connectivity index (χ4v) is 5.90. The van der Waals surface area contributed by atoms with Crippen molar-refractivity contribution in [3.8, 4) is 0 Å². The molecule has 1 atom stereocenters. The van der Waals surface area contributed by atoms with Gasteiger partial charge >= 0.3 is 0 Å². The zero-order valence-corrected chi connectivity index (χ0v) is 13.9. The summed E-state index contributed by atoms with van der Waals surface area (Å²) in [6, 6.07) is 0.260. The van der Waals surface area contributed by atoms with Gasteiger partial charge in [0, 0.05) is 18.4 Å². The number of hydrogen-bond acceptors (Lipinski definition) is 2. The second-order valence-corrected chi connectivity index (χ2v) is 8.23. The minimum Gasteiger partial charge on any atom is -0.352 e. The molecule has 1 aromatic rings. The topological polar surface area (TPSA) is 46.9 Å². The number of imidazole rings is 1. The van der Waals surface area contributed by atoms with E-state index in [-0.39, 0.29) is 18.5 Å². The lowest BCUT2D eigenvalue weighted by molar-refractivity contribution is -0.126. The van der Waals surface area contributed by atoms with Crippen molar-refractivity contribution in [3.05, 3.63) is 17.7 Å². The molecule has 0 saturated heterocycles. The Kier molecular flexibility index (Phi) is 3.48. The molecule has 0 aromatic carbocycles. The van der Waals surface area contributed by atoms with Gasteiger partial charge in [-0.3, -0.25) is 4.79 Å². The van der Waals surface area contributed by atoms with Crippen LogP contribution in [0.2, 0.25) is 5.28 Å². The predicted molar refractivity (Wildman–Crippen MR) is 85.4 cm³/mol. The number of rotatable bonds is 4. The molecule has 5 heteroatoms. The molecule has 0 spiro atoms. The molecule has 4 saturated carbocycles. The van der Waals surface area contributed by atoms with Crippen LogP contribution < -0.4 is 5.32 Å². The summed E-state index contributed by atoms with van der Waals surface area (Å²) in [4.78, 5) is 16.3. The molecule has 22 heavy (non-hydrogen) atoms. The van der Waals surface area contributed by atoms with Crippen LogP contribution in [0.25, 0.3) is 0 Å². The van der Waals surface area contributed by atoms with Crippen LogP contribution in [0, 0.1) is 23.2 Å². The Morgan fingerprint density at radius 3 is 2.45 bits per heavy atom. The fraction of sp³-hybridized carbons (Fsp3) is 0.765. The molecular formula is C17H24ClN3O. The van der Waals surface area contributed by atoms with Crippen LogP contribution in [0.3, 0.4) is 0 Å². The Balaban J connectivity index is 1.42. The van der Waals surface area contributed by atoms with Crippen molar-refractivity contribution in [1.29, 1.82) is 0 Å². The molecule has 0 radical (unpaired) electrons. The Morgan fingerprint density at radius 1 is 1.36 bits per heavy atom. The third-order valence-corrected chi connectivity index (χ3v) is 6.67. The van der Waals surface area contributed by atoms with Crippen molar-refractivity contribution in [2.45, 2.75) is 58.0 Å². The highest BCUT2D eigenvalue weighted by Crippen LogP contribution is 2.61. The minimum atomic E-state index is 0.0446. The SMILES string of the molecule is CC(NC(=O)Cn1ccnc1Cl)C12CC3CC(CC(C3)C1)C2. The van der Waals surface area contributed by atoms with E-state index in [9.17, 15) is 4.79 Å². The number of carbonyl (C=O) groups is 1. The standard InChI is InChI=1S/C17H24ClN3O/c1-11(20-15(22)10-21-3-2-19-16(21)18)17-7-12-4-13(8-17)6-14(5-12)9-17/h2-3,11-14H,4-10H2,1H3,(H,20,22). The molecule has 4 fully saturated rings. The molecule has 5 rings (SSSR count). The normalized spacial score (nSPS) is 37.3. The van der Waals surface area contributed by atoms with Crippen molar-refractivity contribution < 1.29 is 4.79 Å². The van der Waals surface area contributed by atoms with E-state index in [1.165, 1.54) is 38.5 Å². The van der Waals surface area contributed by atoms with Gasteiger partial charge in [0.25, 0.3) is 0 Å². The molecule has 1 N–H and O–H groups in total. The molecule has 4 aliphatic rings. The van der Waals surface area contributed by atoms with Crippen LogP contribution in [-0.4, -0.2) is 21.5 Å². The van der Waals surface area contributed by atoms with E-state index in [2.05, 4.69) is 17.2 Å². The Hall–Kier alpha value is -1.03. The quantitative estimate of drug-likeness (QED) is 0.925. The molecule has 1 aromatic heterocycles. The zero-order chi connectivity index (χ0) is 15.3. The van der Waals surface area contributed by atoms with Crippen LogP contribution in [0.5, 0.6) is 0 Å². The summed E-state index contributed by atoms with van der Waals surface area (Å²) in [6.07, 6.45) is 11.6. The second kappa shape index (κ2) is 5.26. The van der Waals surface area contributed by atoms with Crippen LogP contribution >= 0.6 is 11.6 Å². The Labute approximate surface area is 136 Å². The van der Waals surface area contributed by atoms with Crippen molar-refractivity contribution >= 4 is 17.5 Å². The maximum absolute atomic E-state index is 12.3. The smallest absolute Gasteiger partial charge is 0.240 e. The highest BCUT2D eigenvalue weighted by molar-refractivity contribution is 6.28. The number of carbonyl (C=O) groups excluding carboxylic acids is 1. The summed E-state index contributed by atoms with van der Waals surface area (Å²) < 4.78 is 1.68. The zero-order valence-electron chi connectivity index (χ0n) is 13.1. The van der Waals surface area contributed by atoms with Gasteiger partial charge in [-0.25, -0.2) is 4.98 Å². The monoisotopic (exact) mass is 321 g/mol. The van der Waals surface area contributed by atoms with E-state index in [1.807, 2.05) is 0 Å². The summed E-state index contributed by atoms with van der Waals surface area (Å²) in [6.45, 7) is 2.47. The fourth-order valence-electron chi connectivity index (χ4n) is 5.73. The lowest BCUT2D eigenvalue weighted by Crippen LogP contribution is -2.56. The third kappa shape index (κ3) is 2.45. The van der Waals surface area contributed by atoms with E-state index >= 15 is 0 Å². The highest BCUT2D eigenvalue weighted by atomic mass is 35.5. The molecule has 4 nitrogen and oxygen atoms in total. The highest BCUT2D eigenvalue weighted by Gasteiger charge is 2.53. The number of halogens is 1.